The van der Waals surface area contributed by atoms with Crippen LogP contribution in [0.4, 0.5) is 26.3 Å². The molecule has 0 saturated carbocycles. The molecular weight excluding hydrogens is 654 g/mol. The molecule has 0 N–H and O–H groups in total. The molecule has 0 radical (unpaired) electrons. The zero-order chi connectivity index (χ0) is 35.8. The minimum atomic E-state index is -5.76. The topological polar surface area (TPSA) is 52.6 Å². The fourth-order valence-electron chi connectivity index (χ4n) is 5.54. The van der Waals surface area contributed by atoms with E-state index >= 15 is 0 Å². The fraction of sp³-hybridized carbons (Fsp3) is 0.351. The summed E-state index contributed by atoms with van der Waals surface area (Å²) in [6.07, 6.45) is -9.72. The molecule has 4 aromatic carbocycles. The van der Waals surface area contributed by atoms with Crippen molar-refractivity contribution in [3.05, 3.63) is 114 Å². The van der Waals surface area contributed by atoms with Gasteiger partial charge in [0, 0.05) is 0 Å². The Morgan fingerprint density at radius 3 is 1.21 bits per heavy atom. The maximum Gasteiger partial charge on any atom is 0.411 e. The molecule has 258 valence electrons. The average molecular weight is 693 g/mol. The molecule has 4 aromatic rings. The Kier molecular flexibility index (Phi) is 10.1. The number of alkyl halides is 6. The number of sulfone groups is 1. The second-order valence-corrected chi connectivity index (χ2v) is 14.8. The summed E-state index contributed by atoms with van der Waals surface area (Å²) >= 11 is 0. The van der Waals surface area contributed by atoms with E-state index in [9.17, 15) is 34.8 Å². The van der Waals surface area contributed by atoms with Crippen LogP contribution in [0.2, 0.25) is 0 Å². The van der Waals surface area contributed by atoms with E-state index in [0.717, 1.165) is 66.9 Å². The van der Waals surface area contributed by atoms with Crippen LogP contribution in [0.25, 0.3) is 0 Å². The Morgan fingerprint density at radius 1 is 0.521 bits per heavy atom. The summed E-state index contributed by atoms with van der Waals surface area (Å²) in [7, 11) is -3.87. The summed E-state index contributed by atoms with van der Waals surface area (Å²) in [6, 6.07) is 19.3. The van der Waals surface area contributed by atoms with Gasteiger partial charge in [0.2, 0.25) is 15.3 Å². The van der Waals surface area contributed by atoms with Gasteiger partial charge in [-0.2, -0.15) is 26.3 Å². The third-order valence-corrected chi connectivity index (χ3v) is 10.4. The first-order valence-electron chi connectivity index (χ1n) is 15.3. The summed E-state index contributed by atoms with van der Waals surface area (Å²) < 4.78 is 125. The Hall–Kier alpha value is -3.99. The first kappa shape index (κ1) is 36.8. The standard InChI is InChI=1S/C37H38F6O4S/c1-7-34(6,8-2)25-13-21-31(22-14-25)48(44,45)32-23-19-29(20-24-32)46-28-15-9-26(10-16-28)35(36(38,39)40,37(41,42)43)27-11-17-30(18-12-27)47-33(3,4)5/h9-24H,7-8H2,1-6H3. The molecular formula is C37H38F6O4S. The van der Waals surface area contributed by atoms with Crippen LogP contribution < -0.4 is 9.47 Å². The maximum atomic E-state index is 14.6. The molecule has 0 aliphatic heterocycles. The van der Waals surface area contributed by atoms with Crippen LogP contribution in [-0.4, -0.2) is 26.4 Å². The minimum Gasteiger partial charge on any atom is -0.488 e. The number of rotatable bonds is 10. The lowest BCUT2D eigenvalue weighted by Crippen LogP contribution is -2.54. The predicted octanol–water partition coefficient (Wildman–Crippen LogP) is 11.0. The SMILES string of the molecule is CCC(C)(CC)c1ccc(S(=O)(=O)c2ccc(Oc3ccc(C(c4ccc(OC(C)(C)C)cc4)(C(F)(F)F)C(F)(F)F)cc3)cc2)cc1. The first-order valence-corrected chi connectivity index (χ1v) is 16.8. The van der Waals surface area contributed by atoms with E-state index < -0.39 is 44.3 Å². The third-order valence-electron chi connectivity index (χ3n) is 8.64. The van der Waals surface area contributed by atoms with Crippen molar-refractivity contribution >= 4 is 9.84 Å². The van der Waals surface area contributed by atoms with Gasteiger partial charge in [0.25, 0.3) is 0 Å². The van der Waals surface area contributed by atoms with Gasteiger partial charge in [0.1, 0.15) is 22.8 Å². The highest BCUT2D eigenvalue weighted by molar-refractivity contribution is 7.91. The molecule has 0 heterocycles. The van der Waals surface area contributed by atoms with E-state index in [-0.39, 0.29) is 32.5 Å². The predicted molar refractivity (Wildman–Crippen MR) is 172 cm³/mol. The van der Waals surface area contributed by atoms with Gasteiger partial charge in [-0.15, -0.1) is 0 Å². The van der Waals surface area contributed by atoms with Crippen molar-refractivity contribution in [3.63, 3.8) is 0 Å². The zero-order valence-electron chi connectivity index (χ0n) is 27.5. The Bertz CT molecular complexity index is 1770. The molecule has 4 rings (SSSR count). The van der Waals surface area contributed by atoms with Crippen LogP contribution >= 0.6 is 0 Å². The van der Waals surface area contributed by atoms with Gasteiger partial charge in [0.15, 0.2) is 0 Å². The highest BCUT2D eigenvalue weighted by Gasteiger charge is 2.72. The van der Waals surface area contributed by atoms with Gasteiger partial charge in [-0.25, -0.2) is 8.42 Å². The van der Waals surface area contributed by atoms with E-state index in [4.69, 9.17) is 9.47 Å². The Balaban J connectivity index is 1.60. The summed E-state index contributed by atoms with van der Waals surface area (Å²) in [6.45, 7) is 11.4. The lowest BCUT2D eigenvalue weighted by molar-refractivity contribution is -0.288. The lowest BCUT2D eigenvalue weighted by atomic mass is 9.73. The lowest BCUT2D eigenvalue weighted by Gasteiger charge is -2.38. The molecule has 0 bridgehead atoms. The molecule has 0 aliphatic carbocycles. The van der Waals surface area contributed by atoms with Crippen molar-refractivity contribution in [1.29, 1.82) is 0 Å². The van der Waals surface area contributed by atoms with E-state index in [1.54, 1.807) is 32.9 Å². The van der Waals surface area contributed by atoms with Crippen molar-refractivity contribution in [2.45, 2.75) is 93.0 Å². The van der Waals surface area contributed by atoms with Crippen LogP contribution in [-0.2, 0) is 20.7 Å². The third kappa shape index (κ3) is 7.21. The molecule has 0 fully saturated rings. The molecule has 0 aliphatic rings. The molecule has 0 atom stereocenters. The van der Waals surface area contributed by atoms with Crippen LogP contribution in [0.3, 0.4) is 0 Å². The normalized spacial score (nSPS) is 13.3. The van der Waals surface area contributed by atoms with Gasteiger partial charge in [0.05, 0.1) is 9.79 Å². The number of halogens is 6. The molecule has 11 heteroatoms. The highest BCUT2D eigenvalue weighted by atomic mass is 32.2. The molecule has 0 amide bonds. The van der Waals surface area contributed by atoms with Crippen LogP contribution in [0.1, 0.15) is 71.1 Å². The second-order valence-electron chi connectivity index (χ2n) is 12.9. The van der Waals surface area contributed by atoms with Crippen molar-refractivity contribution in [1.82, 2.24) is 0 Å². The van der Waals surface area contributed by atoms with Crippen molar-refractivity contribution < 1.29 is 44.2 Å². The summed E-state index contributed by atoms with van der Waals surface area (Å²) in [4.78, 5) is 0.102. The van der Waals surface area contributed by atoms with E-state index in [2.05, 4.69) is 20.8 Å². The van der Waals surface area contributed by atoms with Crippen LogP contribution in [0.5, 0.6) is 17.2 Å². The molecule has 0 aromatic heterocycles. The van der Waals surface area contributed by atoms with Crippen LogP contribution in [0.15, 0.2) is 107 Å². The van der Waals surface area contributed by atoms with Crippen molar-refractivity contribution in [2.24, 2.45) is 0 Å². The molecule has 0 spiro atoms. The van der Waals surface area contributed by atoms with Gasteiger partial charge in [-0.05, 0) is 116 Å². The Labute approximate surface area is 277 Å². The average Bonchev–Trinajstić information content (AvgIpc) is 3.01. The second kappa shape index (κ2) is 13.1. The molecule has 4 nitrogen and oxygen atoms in total. The van der Waals surface area contributed by atoms with Crippen molar-refractivity contribution in [3.8, 4) is 17.2 Å². The summed E-state index contributed by atoms with van der Waals surface area (Å²) in [5, 5.41) is 0. The highest BCUT2D eigenvalue weighted by Crippen LogP contribution is 2.56. The van der Waals surface area contributed by atoms with Gasteiger partial charge in [-0.3, -0.25) is 0 Å². The molecule has 0 unspecified atom stereocenters. The van der Waals surface area contributed by atoms with Gasteiger partial charge in [-0.1, -0.05) is 57.2 Å². The smallest absolute Gasteiger partial charge is 0.411 e. The monoisotopic (exact) mass is 692 g/mol. The Morgan fingerprint density at radius 2 is 0.854 bits per heavy atom. The molecule has 0 saturated heterocycles. The van der Waals surface area contributed by atoms with Crippen LogP contribution in [0, 0.1) is 0 Å². The number of ether oxygens (including phenoxy) is 2. The number of hydrogen-bond donors (Lipinski definition) is 0. The quantitative estimate of drug-likeness (QED) is 0.155. The van der Waals surface area contributed by atoms with Crippen molar-refractivity contribution in [2.75, 3.05) is 0 Å². The fourth-order valence-corrected chi connectivity index (χ4v) is 6.80. The van der Waals surface area contributed by atoms with Gasteiger partial charge >= 0.3 is 12.4 Å². The largest absolute Gasteiger partial charge is 0.488 e. The maximum absolute atomic E-state index is 14.6. The first-order chi connectivity index (χ1) is 22.2. The molecule has 48 heavy (non-hydrogen) atoms. The van der Waals surface area contributed by atoms with Gasteiger partial charge < -0.3 is 9.47 Å². The number of hydrogen-bond acceptors (Lipinski definition) is 4. The van der Waals surface area contributed by atoms with E-state index in [0.29, 0.717) is 0 Å². The summed E-state index contributed by atoms with van der Waals surface area (Å²) in [5.74, 6) is 0.203. The zero-order valence-corrected chi connectivity index (χ0v) is 28.3. The van der Waals surface area contributed by atoms with E-state index in [1.807, 2.05) is 12.1 Å². The summed E-state index contributed by atoms with van der Waals surface area (Å²) in [5.41, 5.74) is -6.16. The number of benzene rings is 4. The van der Waals surface area contributed by atoms with E-state index in [1.165, 1.54) is 24.3 Å². The minimum absolute atomic E-state index is 0.00857.